The van der Waals surface area contributed by atoms with Gasteiger partial charge in [0.1, 0.15) is 5.82 Å². The first-order valence-corrected chi connectivity index (χ1v) is 3.68. The largest absolute Gasteiger partial charge is 0.374 e. The molecule has 1 heterocycles. The van der Waals surface area contributed by atoms with E-state index in [2.05, 4.69) is 16.3 Å². The molecule has 0 aliphatic carbocycles. The molecule has 0 unspecified atom stereocenters. The smallest absolute Gasteiger partial charge is 0.199 e. The molecule has 3 nitrogen and oxygen atoms in total. The number of halogens is 1. The summed E-state index contributed by atoms with van der Waals surface area (Å²) in [7, 11) is 0. The molecule has 1 rings (SSSR count). The molecule has 0 aliphatic heterocycles. The van der Waals surface area contributed by atoms with Crippen molar-refractivity contribution in [2.45, 2.75) is 19.8 Å². The summed E-state index contributed by atoms with van der Waals surface area (Å²) in [4.78, 5) is 3.99. The summed E-state index contributed by atoms with van der Waals surface area (Å²) >= 11 is 1.26. The summed E-state index contributed by atoms with van der Waals surface area (Å²) in [5, 5.41) is 0.568. The van der Waals surface area contributed by atoms with Gasteiger partial charge in [-0.25, -0.2) is 4.98 Å². The van der Waals surface area contributed by atoms with Gasteiger partial charge < -0.3 is 5.73 Å². The Morgan fingerprint density at radius 2 is 2.30 bits per heavy atom. The van der Waals surface area contributed by atoms with E-state index in [9.17, 15) is 0 Å². The molecule has 0 amide bonds. The highest BCUT2D eigenvalue weighted by Gasteiger charge is 1.96. The molecule has 58 valence electrons. The first-order chi connectivity index (χ1) is 4.33. The van der Waals surface area contributed by atoms with Gasteiger partial charge in [-0.3, -0.25) is 0 Å². The number of hydrogen-bond acceptors (Lipinski definition) is 4. The zero-order valence-electron chi connectivity index (χ0n) is 5.70. The zero-order valence-corrected chi connectivity index (χ0v) is 7.34. The van der Waals surface area contributed by atoms with Gasteiger partial charge in [-0.1, -0.05) is 6.92 Å². The van der Waals surface area contributed by atoms with E-state index in [4.69, 9.17) is 5.73 Å². The Morgan fingerprint density at radius 1 is 1.60 bits per heavy atom. The molecule has 1 aromatic heterocycles. The maximum Gasteiger partial charge on any atom is 0.199 e. The molecule has 0 radical (unpaired) electrons. The third kappa shape index (κ3) is 2.49. The van der Waals surface area contributed by atoms with Crippen LogP contribution in [0.15, 0.2) is 0 Å². The summed E-state index contributed by atoms with van der Waals surface area (Å²) in [6, 6.07) is 0. The zero-order chi connectivity index (χ0) is 6.69. The molecule has 0 spiro atoms. The Labute approximate surface area is 70.2 Å². The van der Waals surface area contributed by atoms with Crippen molar-refractivity contribution in [3.05, 3.63) is 5.82 Å². The summed E-state index contributed by atoms with van der Waals surface area (Å²) in [6.07, 6.45) is 2.02. The fraction of sp³-hybridized carbons (Fsp3) is 0.600. The molecule has 1 aromatic rings. The summed E-state index contributed by atoms with van der Waals surface area (Å²) in [5.41, 5.74) is 5.35. The van der Waals surface area contributed by atoms with Gasteiger partial charge in [-0.15, -0.1) is 12.4 Å². The van der Waals surface area contributed by atoms with Crippen molar-refractivity contribution in [1.29, 1.82) is 0 Å². The predicted molar refractivity (Wildman–Crippen MR) is 45.6 cm³/mol. The number of nitrogen functional groups attached to an aromatic ring is 1. The van der Waals surface area contributed by atoms with Crippen LogP contribution in [0.25, 0.3) is 0 Å². The van der Waals surface area contributed by atoms with E-state index in [0.29, 0.717) is 5.13 Å². The second-order valence-corrected chi connectivity index (χ2v) is 2.58. The minimum absolute atomic E-state index is 0. The van der Waals surface area contributed by atoms with E-state index in [0.717, 1.165) is 18.7 Å². The fourth-order valence-corrected chi connectivity index (χ4v) is 1.07. The average molecular weight is 180 g/mol. The molecular formula is C5H10ClN3S. The van der Waals surface area contributed by atoms with Crippen molar-refractivity contribution in [3.63, 3.8) is 0 Å². The van der Waals surface area contributed by atoms with E-state index >= 15 is 0 Å². The summed E-state index contributed by atoms with van der Waals surface area (Å²) < 4.78 is 4.01. The second-order valence-electron chi connectivity index (χ2n) is 1.80. The van der Waals surface area contributed by atoms with E-state index in [1.165, 1.54) is 11.5 Å². The minimum Gasteiger partial charge on any atom is -0.374 e. The highest BCUT2D eigenvalue weighted by atomic mass is 35.5. The Morgan fingerprint density at radius 3 is 2.70 bits per heavy atom. The lowest BCUT2D eigenvalue weighted by Gasteiger charge is -1.83. The van der Waals surface area contributed by atoms with Crippen molar-refractivity contribution >= 4 is 29.1 Å². The first kappa shape index (κ1) is 9.65. The number of hydrogen-bond donors (Lipinski definition) is 1. The molecule has 0 saturated carbocycles. The van der Waals surface area contributed by atoms with Crippen LogP contribution in [0.5, 0.6) is 0 Å². The highest BCUT2D eigenvalue weighted by molar-refractivity contribution is 7.09. The molecule has 0 atom stereocenters. The number of rotatable bonds is 2. The Balaban J connectivity index is 0.000000810. The molecule has 0 bridgehead atoms. The normalized spacial score (nSPS) is 8.90. The Hall–Kier alpha value is -0.350. The average Bonchev–Trinajstić information content (AvgIpc) is 2.17. The molecule has 0 aliphatic rings. The van der Waals surface area contributed by atoms with Crippen molar-refractivity contribution in [2.75, 3.05) is 5.73 Å². The van der Waals surface area contributed by atoms with Gasteiger partial charge in [0, 0.05) is 18.0 Å². The fourth-order valence-electron chi connectivity index (χ4n) is 0.593. The number of anilines is 1. The molecule has 5 heteroatoms. The summed E-state index contributed by atoms with van der Waals surface area (Å²) in [6.45, 7) is 2.09. The molecular weight excluding hydrogens is 170 g/mol. The molecule has 2 N–H and O–H groups in total. The minimum atomic E-state index is 0. The number of nitrogens with zero attached hydrogens (tertiary/aromatic N) is 2. The van der Waals surface area contributed by atoms with Gasteiger partial charge in [-0.2, -0.15) is 4.37 Å². The molecule has 0 fully saturated rings. The lowest BCUT2D eigenvalue weighted by molar-refractivity contribution is 0.863. The molecule has 0 saturated heterocycles. The van der Waals surface area contributed by atoms with Crippen LogP contribution in [0.2, 0.25) is 0 Å². The van der Waals surface area contributed by atoms with Crippen molar-refractivity contribution in [2.24, 2.45) is 0 Å². The van der Waals surface area contributed by atoms with Gasteiger partial charge in [0.15, 0.2) is 5.13 Å². The lowest BCUT2D eigenvalue weighted by Crippen LogP contribution is -1.86. The van der Waals surface area contributed by atoms with E-state index < -0.39 is 0 Å². The number of aryl methyl sites for hydroxylation is 1. The Bertz CT molecular complexity index is 189. The topological polar surface area (TPSA) is 51.8 Å². The Kier molecular flexibility index (Phi) is 4.31. The van der Waals surface area contributed by atoms with Crippen molar-refractivity contribution in [3.8, 4) is 0 Å². The third-order valence-corrected chi connectivity index (χ3v) is 1.54. The number of aromatic nitrogens is 2. The lowest BCUT2D eigenvalue weighted by atomic mass is 10.3. The maximum atomic E-state index is 5.35. The number of nitrogens with two attached hydrogens (primary N) is 1. The van der Waals surface area contributed by atoms with Crippen molar-refractivity contribution < 1.29 is 0 Å². The van der Waals surface area contributed by atoms with Crippen LogP contribution < -0.4 is 5.73 Å². The van der Waals surface area contributed by atoms with Crippen LogP contribution in [0.1, 0.15) is 19.2 Å². The predicted octanol–water partition coefficient (Wildman–Crippen LogP) is 1.49. The van der Waals surface area contributed by atoms with Crippen LogP contribution in [0, 0.1) is 0 Å². The standard InChI is InChI=1S/C5H9N3S.ClH/c1-2-3-4-7-5(6)9-8-4;/h2-3H2,1H3,(H2,6,7,8);1H. The van der Waals surface area contributed by atoms with Gasteiger partial charge >= 0.3 is 0 Å². The van der Waals surface area contributed by atoms with Gasteiger partial charge in [-0.05, 0) is 6.42 Å². The van der Waals surface area contributed by atoms with Crippen LogP contribution in [-0.2, 0) is 6.42 Å². The highest BCUT2D eigenvalue weighted by Crippen LogP contribution is 2.06. The third-order valence-electron chi connectivity index (χ3n) is 0.957. The van der Waals surface area contributed by atoms with E-state index in [1.54, 1.807) is 0 Å². The SMILES string of the molecule is CCCc1nsc(N)n1.Cl. The van der Waals surface area contributed by atoms with Crippen LogP contribution in [-0.4, -0.2) is 9.36 Å². The van der Waals surface area contributed by atoms with Gasteiger partial charge in [0.2, 0.25) is 0 Å². The first-order valence-electron chi connectivity index (χ1n) is 2.91. The molecule has 0 aromatic carbocycles. The quantitative estimate of drug-likeness (QED) is 0.749. The van der Waals surface area contributed by atoms with Crippen LogP contribution in [0.4, 0.5) is 5.13 Å². The van der Waals surface area contributed by atoms with Crippen LogP contribution >= 0.6 is 23.9 Å². The summed E-state index contributed by atoms with van der Waals surface area (Å²) in [5.74, 6) is 0.875. The van der Waals surface area contributed by atoms with Crippen LogP contribution in [0.3, 0.4) is 0 Å². The van der Waals surface area contributed by atoms with E-state index in [1.807, 2.05) is 0 Å². The van der Waals surface area contributed by atoms with Gasteiger partial charge in [0.05, 0.1) is 0 Å². The van der Waals surface area contributed by atoms with Gasteiger partial charge in [0.25, 0.3) is 0 Å². The second kappa shape index (κ2) is 4.46. The monoisotopic (exact) mass is 179 g/mol. The van der Waals surface area contributed by atoms with Crippen molar-refractivity contribution in [1.82, 2.24) is 9.36 Å². The molecule has 10 heavy (non-hydrogen) atoms. The maximum absolute atomic E-state index is 5.35. The van der Waals surface area contributed by atoms with E-state index in [-0.39, 0.29) is 12.4 Å².